The Kier molecular flexibility index (Phi) is 4.44. The van der Waals surface area contributed by atoms with Gasteiger partial charge in [-0.05, 0) is 41.1 Å². The van der Waals surface area contributed by atoms with Gasteiger partial charge in [-0.3, -0.25) is 4.79 Å². The first-order chi connectivity index (χ1) is 8.99. The van der Waals surface area contributed by atoms with Crippen molar-refractivity contribution in [2.45, 2.75) is 13.0 Å². The van der Waals surface area contributed by atoms with Crippen LogP contribution in [-0.2, 0) is 4.79 Å². The summed E-state index contributed by atoms with van der Waals surface area (Å²) in [5.74, 6) is -0.446. The number of benzene rings is 1. The third-order valence-corrected chi connectivity index (χ3v) is 4.77. The Hall–Kier alpha value is -1.11. The Labute approximate surface area is 128 Å². The fourth-order valence-corrected chi connectivity index (χ4v) is 2.96. The van der Waals surface area contributed by atoms with Gasteiger partial charge in [-0.2, -0.15) is 0 Å². The number of carbonyl (C=O) groups excluding carboxylic acids is 1. The Morgan fingerprint density at radius 2 is 2.32 bits per heavy atom. The summed E-state index contributed by atoms with van der Waals surface area (Å²) < 4.78 is 0.753. The molecule has 0 spiro atoms. The van der Waals surface area contributed by atoms with Gasteiger partial charge in [0.25, 0.3) is 0 Å². The van der Waals surface area contributed by atoms with E-state index >= 15 is 0 Å². The van der Waals surface area contributed by atoms with Crippen molar-refractivity contribution in [1.82, 2.24) is 4.98 Å². The van der Waals surface area contributed by atoms with Crippen molar-refractivity contribution in [2.24, 2.45) is 5.73 Å². The van der Waals surface area contributed by atoms with Crippen LogP contribution in [0.1, 0.15) is 16.6 Å². The van der Waals surface area contributed by atoms with Crippen LogP contribution in [0.4, 0.5) is 5.69 Å². The summed E-state index contributed by atoms with van der Waals surface area (Å²) in [6.45, 7) is 1.85. The number of rotatable bonds is 4. The minimum Gasteiger partial charge on any atom is -0.369 e. The molecule has 1 amide bonds. The fourth-order valence-electron chi connectivity index (χ4n) is 1.61. The molecule has 19 heavy (non-hydrogen) atoms. The first-order valence-electron chi connectivity index (χ1n) is 5.40. The lowest BCUT2D eigenvalue weighted by Gasteiger charge is -2.16. The summed E-state index contributed by atoms with van der Waals surface area (Å²) in [4.78, 5) is 16.6. The van der Waals surface area contributed by atoms with Gasteiger partial charge in [0.05, 0.1) is 21.1 Å². The van der Waals surface area contributed by atoms with Gasteiger partial charge in [-0.25, -0.2) is 4.98 Å². The van der Waals surface area contributed by atoms with Crippen LogP contribution in [0.5, 0.6) is 0 Å². The van der Waals surface area contributed by atoms with Crippen molar-refractivity contribution in [3.8, 4) is 0 Å². The molecule has 2 aromatic rings. The van der Waals surface area contributed by atoms with Gasteiger partial charge in [0.1, 0.15) is 6.04 Å². The Morgan fingerprint density at radius 1 is 1.58 bits per heavy atom. The SMILES string of the molecule is Cc1ncsc1C(Nc1ccc(Cl)c(Br)c1)C(N)=O. The van der Waals surface area contributed by atoms with E-state index in [2.05, 4.69) is 26.2 Å². The number of hydrogen-bond donors (Lipinski definition) is 2. The predicted molar refractivity (Wildman–Crippen MR) is 81.6 cm³/mol. The number of hydrogen-bond acceptors (Lipinski definition) is 4. The summed E-state index contributed by atoms with van der Waals surface area (Å²) >= 11 is 10.7. The van der Waals surface area contributed by atoms with Gasteiger partial charge in [0, 0.05) is 10.2 Å². The maximum Gasteiger partial charge on any atom is 0.245 e. The molecule has 1 heterocycles. The number of aryl methyl sites for hydroxylation is 1. The van der Waals surface area contributed by atoms with Crippen LogP contribution in [0.15, 0.2) is 28.2 Å². The van der Waals surface area contributed by atoms with Crippen molar-refractivity contribution in [3.63, 3.8) is 0 Å². The topological polar surface area (TPSA) is 68.0 Å². The molecule has 0 radical (unpaired) electrons. The Balaban J connectivity index is 2.29. The van der Waals surface area contributed by atoms with Crippen LogP contribution >= 0.6 is 38.9 Å². The molecule has 7 heteroatoms. The average Bonchev–Trinajstić information content (AvgIpc) is 2.76. The van der Waals surface area contributed by atoms with Gasteiger partial charge >= 0.3 is 0 Å². The van der Waals surface area contributed by atoms with Gasteiger partial charge in [0.15, 0.2) is 0 Å². The van der Waals surface area contributed by atoms with Crippen molar-refractivity contribution in [3.05, 3.63) is 43.8 Å². The average molecular weight is 361 g/mol. The number of thiazole rings is 1. The number of halogens is 2. The zero-order valence-electron chi connectivity index (χ0n) is 9.98. The molecule has 0 aliphatic rings. The number of nitrogens with zero attached hydrogens (tertiary/aromatic N) is 1. The number of aromatic nitrogens is 1. The molecule has 1 atom stereocenters. The molecular formula is C12H11BrClN3OS. The second kappa shape index (κ2) is 5.90. The van der Waals surface area contributed by atoms with E-state index < -0.39 is 11.9 Å². The maximum atomic E-state index is 11.6. The summed E-state index contributed by atoms with van der Waals surface area (Å²) in [7, 11) is 0. The zero-order chi connectivity index (χ0) is 14.0. The van der Waals surface area contributed by atoms with E-state index in [-0.39, 0.29) is 0 Å². The second-order valence-corrected chi connectivity index (χ2v) is 6.06. The zero-order valence-corrected chi connectivity index (χ0v) is 13.1. The summed E-state index contributed by atoms with van der Waals surface area (Å²) in [5.41, 5.74) is 8.70. The lowest BCUT2D eigenvalue weighted by Crippen LogP contribution is -2.27. The first kappa shape index (κ1) is 14.3. The van der Waals surface area contributed by atoms with Gasteiger partial charge in [-0.1, -0.05) is 11.6 Å². The third-order valence-electron chi connectivity index (χ3n) is 2.56. The molecule has 1 unspecified atom stereocenters. The molecule has 0 saturated heterocycles. The number of amides is 1. The highest BCUT2D eigenvalue weighted by molar-refractivity contribution is 9.10. The number of primary amides is 1. The molecule has 100 valence electrons. The fraction of sp³-hybridized carbons (Fsp3) is 0.167. The normalized spacial score (nSPS) is 12.2. The van der Waals surface area contributed by atoms with Crippen LogP contribution in [-0.4, -0.2) is 10.9 Å². The summed E-state index contributed by atoms with van der Waals surface area (Å²) in [6, 6.07) is 4.74. The van der Waals surface area contributed by atoms with E-state index in [1.54, 1.807) is 23.7 Å². The first-order valence-corrected chi connectivity index (χ1v) is 7.45. The van der Waals surface area contributed by atoms with Crippen molar-refractivity contribution < 1.29 is 4.79 Å². The number of nitrogens with one attached hydrogen (secondary N) is 1. The Morgan fingerprint density at radius 3 is 2.84 bits per heavy atom. The minimum atomic E-state index is -0.597. The highest BCUT2D eigenvalue weighted by Gasteiger charge is 2.21. The highest BCUT2D eigenvalue weighted by Crippen LogP contribution is 2.29. The molecule has 1 aromatic carbocycles. The second-order valence-electron chi connectivity index (χ2n) is 3.91. The molecular weight excluding hydrogens is 350 g/mol. The molecule has 0 aliphatic carbocycles. The van der Waals surface area contributed by atoms with E-state index in [1.165, 1.54) is 11.3 Å². The molecule has 2 rings (SSSR count). The maximum absolute atomic E-state index is 11.6. The standard InChI is InChI=1S/C12H11BrClN3OS/c1-6-11(19-5-16-6)10(12(15)18)17-7-2-3-9(14)8(13)4-7/h2-5,10,17H,1H3,(H2,15,18). The van der Waals surface area contributed by atoms with Crippen molar-refractivity contribution in [1.29, 1.82) is 0 Å². The van der Waals surface area contributed by atoms with E-state index in [0.29, 0.717) is 5.02 Å². The van der Waals surface area contributed by atoms with Crippen LogP contribution < -0.4 is 11.1 Å². The van der Waals surface area contributed by atoms with E-state index in [1.807, 2.05) is 6.92 Å². The number of anilines is 1. The molecule has 4 nitrogen and oxygen atoms in total. The van der Waals surface area contributed by atoms with Crippen LogP contribution in [0, 0.1) is 6.92 Å². The monoisotopic (exact) mass is 359 g/mol. The molecule has 0 aliphatic heterocycles. The molecule has 1 aromatic heterocycles. The van der Waals surface area contributed by atoms with Gasteiger partial charge in [0.2, 0.25) is 5.91 Å². The largest absolute Gasteiger partial charge is 0.369 e. The van der Waals surface area contributed by atoms with Gasteiger partial charge < -0.3 is 11.1 Å². The van der Waals surface area contributed by atoms with Crippen LogP contribution in [0.2, 0.25) is 5.02 Å². The van der Waals surface area contributed by atoms with Gasteiger partial charge in [-0.15, -0.1) is 11.3 Å². The van der Waals surface area contributed by atoms with Crippen LogP contribution in [0.3, 0.4) is 0 Å². The highest BCUT2D eigenvalue weighted by atomic mass is 79.9. The Bertz CT molecular complexity index is 617. The molecule has 0 fully saturated rings. The van der Waals surface area contributed by atoms with E-state index in [9.17, 15) is 4.79 Å². The minimum absolute atomic E-state index is 0.446. The predicted octanol–water partition coefficient (Wildman–Crippen LogP) is 3.51. The van der Waals surface area contributed by atoms with Crippen LogP contribution in [0.25, 0.3) is 0 Å². The lowest BCUT2D eigenvalue weighted by atomic mass is 10.2. The van der Waals surface area contributed by atoms with Crippen molar-refractivity contribution >= 4 is 50.5 Å². The number of carbonyl (C=O) groups is 1. The lowest BCUT2D eigenvalue weighted by molar-refractivity contribution is -0.118. The summed E-state index contributed by atoms with van der Waals surface area (Å²) in [6.07, 6.45) is 0. The molecule has 0 bridgehead atoms. The molecule has 0 saturated carbocycles. The van der Waals surface area contributed by atoms with E-state index in [0.717, 1.165) is 20.7 Å². The smallest absolute Gasteiger partial charge is 0.245 e. The van der Waals surface area contributed by atoms with Crippen molar-refractivity contribution in [2.75, 3.05) is 5.32 Å². The summed E-state index contributed by atoms with van der Waals surface area (Å²) in [5, 5.41) is 3.70. The molecule has 3 N–H and O–H groups in total. The number of nitrogens with two attached hydrogens (primary N) is 1. The third kappa shape index (κ3) is 3.26. The quantitative estimate of drug-likeness (QED) is 0.876. The van der Waals surface area contributed by atoms with E-state index in [4.69, 9.17) is 17.3 Å².